The van der Waals surface area contributed by atoms with Gasteiger partial charge in [-0.05, 0) is 42.3 Å². The molecule has 0 amide bonds. The van der Waals surface area contributed by atoms with Gasteiger partial charge in [0.15, 0.2) is 5.16 Å². The highest BCUT2D eigenvalue weighted by atomic mass is 32.2. The number of nitrogens with zero attached hydrogens (tertiary/aromatic N) is 3. The molecule has 1 saturated carbocycles. The molecule has 124 valence electrons. The van der Waals surface area contributed by atoms with Crippen molar-refractivity contribution in [2.75, 3.05) is 7.11 Å². The van der Waals surface area contributed by atoms with E-state index < -0.39 is 10.9 Å². The lowest BCUT2D eigenvalue weighted by Gasteiger charge is -2.06. The molecule has 0 radical (unpaired) electrons. The van der Waals surface area contributed by atoms with Gasteiger partial charge in [-0.3, -0.25) is 10.1 Å². The highest BCUT2D eigenvalue weighted by Crippen LogP contribution is 2.41. The van der Waals surface area contributed by atoms with Gasteiger partial charge in [0.25, 0.3) is 5.69 Å². The lowest BCUT2D eigenvalue weighted by Crippen LogP contribution is -1.97. The van der Waals surface area contributed by atoms with Gasteiger partial charge in [-0.15, -0.1) is 0 Å². The van der Waals surface area contributed by atoms with Crippen molar-refractivity contribution in [3.05, 3.63) is 52.3 Å². The summed E-state index contributed by atoms with van der Waals surface area (Å²) in [4.78, 5) is 26.9. The first-order chi connectivity index (χ1) is 11.6. The Kier molecular flexibility index (Phi) is 4.66. The minimum Gasteiger partial charge on any atom is -0.466 e. The van der Waals surface area contributed by atoms with Crippen LogP contribution >= 0.6 is 11.8 Å². The maximum atomic E-state index is 11.4. The molecule has 0 bridgehead atoms. The summed E-state index contributed by atoms with van der Waals surface area (Å²) in [6.45, 7) is 0. The van der Waals surface area contributed by atoms with Crippen LogP contribution in [0.2, 0.25) is 0 Å². The molecule has 0 N–H and O–H groups in total. The number of esters is 1. The van der Waals surface area contributed by atoms with Crippen LogP contribution in [0.3, 0.4) is 0 Å². The van der Waals surface area contributed by atoms with Crippen molar-refractivity contribution in [1.29, 1.82) is 0 Å². The number of rotatable bonds is 6. The minimum absolute atomic E-state index is 0.0163. The van der Waals surface area contributed by atoms with E-state index in [4.69, 9.17) is 0 Å². The molecule has 0 aliphatic heterocycles. The summed E-state index contributed by atoms with van der Waals surface area (Å²) < 4.78 is 6.57. The van der Waals surface area contributed by atoms with Gasteiger partial charge in [0, 0.05) is 30.6 Å². The zero-order chi connectivity index (χ0) is 17.1. The van der Waals surface area contributed by atoms with Crippen molar-refractivity contribution in [3.8, 4) is 0 Å². The van der Waals surface area contributed by atoms with Gasteiger partial charge in [0.1, 0.15) is 0 Å². The van der Waals surface area contributed by atoms with Crippen LogP contribution in [-0.4, -0.2) is 27.6 Å². The molecule has 7 nitrogen and oxygen atoms in total. The van der Waals surface area contributed by atoms with Crippen LogP contribution in [0.4, 0.5) is 5.69 Å². The predicted octanol–water partition coefficient (Wildman–Crippen LogP) is 3.46. The number of nitro benzene ring substituents is 1. The highest BCUT2D eigenvalue weighted by molar-refractivity contribution is 7.99. The van der Waals surface area contributed by atoms with Crippen molar-refractivity contribution < 1.29 is 14.5 Å². The van der Waals surface area contributed by atoms with Gasteiger partial charge in [0.2, 0.25) is 0 Å². The van der Waals surface area contributed by atoms with Gasteiger partial charge in [-0.2, -0.15) is 0 Å². The number of hydrogen-bond acceptors (Lipinski definition) is 6. The molecule has 24 heavy (non-hydrogen) atoms. The number of nitro groups is 1. The number of carbonyl (C=O) groups excluding carboxylic acids is 1. The Morgan fingerprint density at radius 1 is 1.50 bits per heavy atom. The van der Waals surface area contributed by atoms with Crippen molar-refractivity contribution in [3.63, 3.8) is 0 Å². The predicted molar refractivity (Wildman–Crippen MR) is 88.8 cm³/mol. The third kappa shape index (κ3) is 3.65. The van der Waals surface area contributed by atoms with E-state index in [1.54, 1.807) is 18.3 Å². The molecule has 3 rings (SSSR count). The summed E-state index contributed by atoms with van der Waals surface area (Å²) in [7, 11) is 1.27. The van der Waals surface area contributed by atoms with Gasteiger partial charge in [-0.1, -0.05) is 6.07 Å². The SMILES string of the molecule is COC(=O)/C=C/c1ccc(Sc2nccn2C2CC2)c([N+](=O)[O-])c1. The van der Waals surface area contributed by atoms with E-state index in [1.165, 1.54) is 37.1 Å². The molecule has 0 spiro atoms. The Bertz CT molecular complexity index is 811. The second-order valence-corrected chi connectivity index (χ2v) is 6.30. The normalized spacial score (nSPS) is 14.0. The van der Waals surface area contributed by atoms with Crippen LogP contribution in [0.1, 0.15) is 24.4 Å². The number of benzene rings is 1. The van der Waals surface area contributed by atoms with Gasteiger partial charge >= 0.3 is 5.97 Å². The zero-order valence-corrected chi connectivity index (χ0v) is 13.7. The number of methoxy groups -OCH3 is 1. The number of carbonyl (C=O) groups is 1. The van der Waals surface area contributed by atoms with Gasteiger partial charge in [-0.25, -0.2) is 9.78 Å². The van der Waals surface area contributed by atoms with Crippen molar-refractivity contribution in [1.82, 2.24) is 9.55 Å². The number of aromatic nitrogens is 2. The average molecular weight is 345 g/mol. The summed E-state index contributed by atoms with van der Waals surface area (Å²) >= 11 is 1.28. The fourth-order valence-electron chi connectivity index (χ4n) is 2.21. The molecular weight excluding hydrogens is 330 g/mol. The molecule has 1 aromatic heterocycles. The topological polar surface area (TPSA) is 87.3 Å². The Balaban J connectivity index is 1.87. The van der Waals surface area contributed by atoms with E-state index in [1.807, 2.05) is 6.20 Å². The molecule has 0 saturated heterocycles. The lowest BCUT2D eigenvalue weighted by molar-refractivity contribution is -0.387. The second-order valence-electron chi connectivity index (χ2n) is 5.29. The van der Waals surface area contributed by atoms with Crippen LogP contribution in [0.5, 0.6) is 0 Å². The Morgan fingerprint density at radius 3 is 2.96 bits per heavy atom. The average Bonchev–Trinajstić information content (AvgIpc) is 3.32. The van der Waals surface area contributed by atoms with Crippen LogP contribution in [0.25, 0.3) is 6.08 Å². The Hall–Kier alpha value is -2.61. The number of ether oxygens (including phenoxy) is 1. The Labute approximate surface area is 142 Å². The minimum atomic E-state index is -0.512. The zero-order valence-electron chi connectivity index (χ0n) is 12.9. The third-order valence-corrected chi connectivity index (χ3v) is 4.63. The summed E-state index contributed by atoms with van der Waals surface area (Å²) in [5.74, 6) is -0.512. The smallest absolute Gasteiger partial charge is 0.330 e. The molecule has 1 heterocycles. The van der Waals surface area contributed by atoms with E-state index in [0.717, 1.165) is 18.0 Å². The molecule has 0 unspecified atom stereocenters. The molecule has 1 fully saturated rings. The highest BCUT2D eigenvalue weighted by Gasteiger charge is 2.26. The van der Waals surface area contributed by atoms with E-state index in [-0.39, 0.29) is 5.69 Å². The van der Waals surface area contributed by atoms with Crippen molar-refractivity contribution in [2.45, 2.75) is 28.9 Å². The van der Waals surface area contributed by atoms with E-state index in [0.29, 0.717) is 16.5 Å². The first-order valence-electron chi connectivity index (χ1n) is 7.33. The first kappa shape index (κ1) is 16.3. The molecule has 1 aromatic carbocycles. The maximum Gasteiger partial charge on any atom is 0.330 e. The largest absolute Gasteiger partial charge is 0.466 e. The van der Waals surface area contributed by atoms with Crippen LogP contribution in [0.15, 0.2) is 46.7 Å². The quantitative estimate of drug-likeness (QED) is 0.345. The maximum absolute atomic E-state index is 11.4. The summed E-state index contributed by atoms with van der Waals surface area (Å²) in [5, 5.41) is 12.1. The van der Waals surface area contributed by atoms with Crippen LogP contribution in [-0.2, 0) is 9.53 Å². The summed E-state index contributed by atoms with van der Waals surface area (Å²) in [6, 6.07) is 5.29. The molecule has 8 heteroatoms. The molecule has 0 atom stereocenters. The summed E-state index contributed by atoms with van der Waals surface area (Å²) in [5.41, 5.74) is 0.541. The molecular formula is C16H15N3O4S. The van der Waals surface area contributed by atoms with Crippen LogP contribution in [0, 0.1) is 10.1 Å². The number of imidazole rings is 1. The number of hydrogen-bond donors (Lipinski definition) is 0. The third-order valence-electron chi connectivity index (χ3n) is 3.57. The molecule has 1 aliphatic carbocycles. The lowest BCUT2D eigenvalue weighted by atomic mass is 10.2. The van der Waals surface area contributed by atoms with Crippen LogP contribution < -0.4 is 0 Å². The first-order valence-corrected chi connectivity index (χ1v) is 8.15. The van der Waals surface area contributed by atoms with E-state index in [9.17, 15) is 14.9 Å². The van der Waals surface area contributed by atoms with Crippen molar-refractivity contribution >= 4 is 29.5 Å². The summed E-state index contributed by atoms with van der Waals surface area (Å²) in [6.07, 6.45) is 8.55. The van der Waals surface area contributed by atoms with Gasteiger partial charge in [0.05, 0.1) is 16.9 Å². The fraction of sp³-hybridized carbons (Fsp3) is 0.250. The molecule has 2 aromatic rings. The van der Waals surface area contributed by atoms with E-state index in [2.05, 4.69) is 14.3 Å². The standard InChI is InChI=1S/C16H15N3O4S/c1-23-15(20)7-3-11-2-6-14(13(10-11)19(21)22)24-16-17-8-9-18(16)12-4-5-12/h2-3,6-10,12H,4-5H2,1H3/b7-3+. The molecule has 1 aliphatic rings. The Morgan fingerprint density at radius 2 is 2.29 bits per heavy atom. The van der Waals surface area contributed by atoms with E-state index >= 15 is 0 Å². The van der Waals surface area contributed by atoms with Gasteiger partial charge < -0.3 is 9.30 Å². The fourth-order valence-corrected chi connectivity index (χ4v) is 3.21. The second kappa shape index (κ2) is 6.88. The van der Waals surface area contributed by atoms with Crippen molar-refractivity contribution in [2.24, 2.45) is 0 Å². The monoisotopic (exact) mass is 345 g/mol.